The van der Waals surface area contributed by atoms with E-state index in [0.29, 0.717) is 11.3 Å². The molecule has 0 radical (unpaired) electrons. The zero-order valence-electron chi connectivity index (χ0n) is 13.3. The van der Waals surface area contributed by atoms with Crippen molar-refractivity contribution in [2.45, 2.75) is 57.8 Å². The Bertz CT molecular complexity index is 514. The van der Waals surface area contributed by atoms with Gasteiger partial charge in [0.2, 0.25) is 0 Å². The smallest absolute Gasteiger partial charge is 0.157 e. The highest BCUT2D eigenvalue weighted by Crippen LogP contribution is 2.49. The van der Waals surface area contributed by atoms with Crippen molar-refractivity contribution >= 4 is 5.71 Å². The lowest BCUT2D eigenvalue weighted by molar-refractivity contribution is -0.471. The van der Waals surface area contributed by atoms with Crippen molar-refractivity contribution in [2.24, 2.45) is 5.41 Å². The lowest BCUT2D eigenvalue weighted by Gasteiger charge is -2.42. The molecule has 0 saturated heterocycles. The molecule has 0 unspecified atom stereocenters. The molecule has 1 N–H and O–H groups in total. The van der Waals surface area contributed by atoms with Gasteiger partial charge in [-0.1, -0.05) is 55.8 Å². The van der Waals surface area contributed by atoms with Crippen molar-refractivity contribution < 1.29 is 4.99 Å². The van der Waals surface area contributed by atoms with Gasteiger partial charge in [0.25, 0.3) is 0 Å². The lowest BCUT2D eigenvalue weighted by Crippen LogP contribution is -2.79. The first-order chi connectivity index (χ1) is 10.4. The number of unbranched alkanes of at least 4 members (excludes halogenated alkanes) is 1. The second kappa shape index (κ2) is 6.60. The van der Waals surface area contributed by atoms with Gasteiger partial charge in [-0.3, -0.25) is 0 Å². The van der Waals surface area contributed by atoms with Crippen molar-refractivity contribution in [3.63, 3.8) is 0 Å². The number of hydrogen-bond acceptors (Lipinski definition) is 0. The summed E-state index contributed by atoms with van der Waals surface area (Å²) in [6.07, 6.45) is 14.0. The summed E-state index contributed by atoms with van der Waals surface area (Å²) in [6.45, 7) is 3.47. The second-order valence-electron chi connectivity index (χ2n) is 6.62. The van der Waals surface area contributed by atoms with Crippen molar-refractivity contribution in [1.29, 1.82) is 0 Å². The summed E-state index contributed by atoms with van der Waals surface area (Å²) in [5.74, 6) is 0.562. The monoisotopic (exact) mass is 282 g/mol. The maximum atomic E-state index is 3.80. The third kappa shape index (κ3) is 2.84. The van der Waals surface area contributed by atoms with E-state index in [1.165, 1.54) is 57.1 Å². The minimum Gasteiger partial charge on any atom is -0.249 e. The molecule has 1 nitrogen and oxygen atoms in total. The molecule has 0 amide bonds. The molecule has 2 aliphatic rings. The Morgan fingerprint density at radius 1 is 1.19 bits per heavy atom. The molecule has 1 aromatic rings. The van der Waals surface area contributed by atoms with Gasteiger partial charge in [0.15, 0.2) is 5.71 Å². The van der Waals surface area contributed by atoms with Crippen LogP contribution in [0.4, 0.5) is 0 Å². The Balaban J connectivity index is 1.97. The minimum absolute atomic E-state index is 0.365. The van der Waals surface area contributed by atoms with Crippen LogP contribution in [0.15, 0.2) is 42.5 Å². The molecule has 1 spiro atoms. The van der Waals surface area contributed by atoms with E-state index in [1.807, 2.05) is 0 Å². The Kier molecular flexibility index (Phi) is 4.57. The Morgan fingerprint density at radius 2 is 2.05 bits per heavy atom. The highest BCUT2D eigenvalue weighted by Gasteiger charge is 2.47. The zero-order chi connectivity index (χ0) is 14.5. The predicted octanol–water partition coefficient (Wildman–Crippen LogP) is 3.61. The molecule has 21 heavy (non-hydrogen) atoms. The van der Waals surface area contributed by atoms with Crippen molar-refractivity contribution in [3.8, 4) is 0 Å². The number of benzene rings is 1. The van der Waals surface area contributed by atoms with E-state index in [-0.39, 0.29) is 0 Å². The van der Waals surface area contributed by atoms with Crippen LogP contribution in [0.3, 0.4) is 0 Å². The Hall–Kier alpha value is -1.37. The van der Waals surface area contributed by atoms with Gasteiger partial charge in [-0.05, 0) is 31.2 Å². The summed E-state index contributed by atoms with van der Waals surface area (Å²) in [4.78, 5) is 3.80. The van der Waals surface area contributed by atoms with Crippen LogP contribution in [0.5, 0.6) is 0 Å². The van der Waals surface area contributed by atoms with Gasteiger partial charge < -0.3 is 0 Å². The molecule has 1 aromatic carbocycles. The predicted molar refractivity (Wildman–Crippen MR) is 89.6 cm³/mol. The first-order valence-electron chi connectivity index (χ1n) is 8.68. The zero-order valence-corrected chi connectivity index (χ0v) is 13.3. The maximum absolute atomic E-state index is 3.80. The molecule has 1 aliphatic carbocycles. The standard InChI is InChI=1S/C20H27N/c1-2-3-13-19-20(15-9-16-21-19)14-8-7-12-18(20)17-10-5-4-6-11-17/h4-7,10-12,18H,2-3,8-9,13-16H2,1H3/p+1/t18-,20+/m0/s1. The van der Waals surface area contributed by atoms with E-state index in [0.717, 1.165) is 0 Å². The first-order valence-corrected chi connectivity index (χ1v) is 8.68. The number of allylic oxidation sites excluding steroid dienone is 2. The molecular formula is C20H28N+. The van der Waals surface area contributed by atoms with Gasteiger partial charge in [0.1, 0.15) is 6.54 Å². The first kappa shape index (κ1) is 14.6. The van der Waals surface area contributed by atoms with Crippen LogP contribution >= 0.6 is 0 Å². The number of rotatable bonds is 4. The number of hydrogen-bond donors (Lipinski definition) is 1. The normalized spacial score (nSPS) is 28.6. The van der Waals surface area contributed by atoms with E-state index >= 15 is 0 Å². The molecule has 0 aromatic heterocycles. The van der Waals surface area contributed by atoms with Gasteiger partial charge in [-0.25, -0.2) is 4.99 Å². The van der Waals surface area contributed by atoms with Crippen LogP contribution in [-0.4, -0.2) is 12.3 Å². The van der Waals surface area contributed by atoms with E-state index in [1.54, 1.807) is 5.71 Å². The molecule has 2 atom stereocenters. The SMILES string of the molecule is CCCCC1=[NH+]CCC[C@@]12CCC=C[C@H]2c1ccccc1. The summed E-state index contributed by atoms with van der Waals surface area (Å²) >= 11 is 0. The largest absolute Gasteiger partial charge is 0.249 e. The van der Waals surface area contributed by atoms with Crippen LogP contribution < -0.4 is 4.99 Å². The molecule has 0 bridgehead atoms. The van der Waals surface area contributed by atoms with E-state index < -0.39 is 0 Å². The maximum Gasteiger partial charge on any atom is 0.157 e. The van der Waals surface area contributed by atoms with Crippen LogP contribution in [0.25, 0.3) is 0 Å². The fraction of sp³-hybridized carbons (Fsp3) is 0.550. The van der Waals surface area contributed by atoms with Crippen molar-refractivity contribution in [3.05, 3.63) is 48.0 Å². The topological polar surface area (TPSA) is 14.0 Å². The second-order valence-corrected chi connectivity index (χ2v) is 6.62. The van der Waals surface area contributed by atoms with Crippen molar-refractivity contribution in [1.82, 2.24) is 0 Å². The van der Waals surface area contributed by atoms with Crippen LogP contribution in [0, 0.1) is 5.41 Å². The lowest BCUT2D eigenvalue weighted by atomic mass is 9.60. The third-order valence-electron chi connectivity index (χ3n) is 5.36. The minimum atomic E-state index is 0.365. The highest BCUT2D eigenvalue weighted by atomic mass is 14.8. The van der Waals surface area contributed by atoms with Gasteiger partial charge in [0, 0.05) is 18.8 Å². The molecule has 112 valence electrons. The van der Waals surface area contributed by atoms with Crippen LogP contribution in [-0.2, 0) is 0 Å². The Labute approximate surface area is 129 Å². The van der Waals surface area contributed by atoms with Gasteiger partial charge in [-0.15, -0.1) is 0 Å². The third-order valence-corrected chi connectivity index (χ3v) is 5.36. The van der Waals surface area contributed by atoms with Gasteiger partial charge >= 0.3 is 0 Å². The Morgan fingerprint density at radius 3 is 2.86 bits per heavy atom. The highest BCUT2D eigenvalue weighted by molar-refractivity contribution is 5.87. The van der Waals surface area contributed by atoms with E-state index in [2.05, 4.69) is 54.4 Å². The van der Waals surface area contributed by atoms with Crippen LogP contribution in [0.2, 0.25) is 0 Å². The van der Waals surface area contributed by atoms with Crippen LogP contribution in [0.1, 0.15) is 63.4 Å². The summed E-state index contributed by atoms with van der Waals surface area (Å²) < 4.78 is 0. The average Bonchev–Trinajstić information content (AvgIpc) is 2.55. The molecular weight excluding hydrogens is 254 g/mol. The van der Waals surface area contributed by atoms with Gasteiger partial charge in [-0.2, -0.15) is 0 Å². The summed E-state index contributed by atoms with van der Waals surface area (Å²) in [7, 11) is 0. The van der Waals surface area contributed by atoms with Gasteiger partial charge in [0.05, 0.1) is 5.41 Å². The summed E-state index contributed by atoms with van der Waals surface area (Å²) in [5.41, 5.74) is 3.50. The molecule has 0 fully saturated rings. The van der Waals surface area contributed by atoms with Crippen molar-refractivity contribution in [2.75, 3.05) is 6.54 Å². The van der Waals surface area contributed by atoms with E-state index in [4.69, 9.17) is 0 Å². The fourth-order valence-electron chi connectivity index (χ4n) is 4.28. The molecule has 3 rings (SSSR count). The number of nitrogens with one attached hydrogen (secondary N) is 1. The fourth-order valence-corrected chi connectivity index (χ4v) is 4.28. The quantitative estimate of drug-likeness (QED) is 0.811. The summed E-state index contributed by atoms with van der Waals surface area (Å²) in [6, 6.07) is 11.1. The molecule has 1 heterocycles. The molecule has 1 heteroatoms. The molecule has 0 saturated carbocycles. The molecule has 1 aliphatic heterocycles. The van der Waals surface area contributed by atoms with E-state index in [9.17, 15) is 0 Å². The average molecular weight is 282 g/mol. The summed E-state index contributed by atoms with van der Waals surface area (Å²) in [5, 5.41) is 0.